The lowest BCUT2D eigenvalue weighted by Crippen LogP contribution is -2.18. The van der Waals surface area contributed by atoms with Crippen LogP contribution in [0.15, 0.2) is 79.9 Å². The highest BCUT2D eigenvalue weighted by Crippen LogP contribution is 2.37. The van der Waals surface area contributed by atoms with Crippen LogP contribution in [0.25, 0.3) is 16.6 Å². The summed E-state index contributed by atoms with van der Waals surface area (Å²) in [4.78, 5) is 25.1. The van der Waals surface area contributed by atoms with Gasteiger partial charge in [-0.1, -0.05) is 6.58 Å². The first-order chi connectivity index (χ1) is 19.6. The predicted octanol–water partition coefficient (Wildman–Crippen LogP) is 5.42. The number of anilines is 3. The van der Waals surface area contributed by atoms with Gasteiger partial charge in [0.25, 0.3) is 0 Å². The van der Waals surface area contributed by atoms with Gasteiger partial charge in [0, 0.05) is 40.7 Å². The van der Waals surface area contributed by atoms with Gasteiger partial charge in [0.15, 0.2) is 0 Å². The van der Waals surface area contributed by atoms with Gasteiger partial charge in [0.2, 0.25) is 11.8 Å². The van der Waals surface area contributed by atoms with Crippen LogP contribution in [0.2, 0.25) is 0 Å². The highest BCUT2D eigenvalue weighted by atomic mass is 16.5. The molecular formula is C30H29N7O4. The third-order valence-electron chi connectivity index (χ3n) is 6.25. The Kier molecular flexibility index (Phi) is 7.36. The minimum absolute atomic E-state index is 0.380. The quantitative estimate of drug-likeness (QED) is 0.205. The van der Waals surface area contributed by atoms with Crippen molar-refractivity contribution in [3.8, 4) is 23.1 Å². The molecule has 3 heterocycles. The van der Waals surface area contributed by atoms with E-state index in [9.17, 15) is 9.90 Å². The molecule has 3 N–H and O–H groups in total. The molecule has 208 valence electrons. The number of aliphatic hydroxyl groups is 1. The van der Waals surface area contributed by atoms with E-state index in [2.05, 4.69) is 37.3 Å². The first-order valence-corrected chi connectivity index (χ1v) is 12.7. The highest BCUT2D eigenvalue weighted by molar-refractivity contribution is 6.03. The minimum atomic E-state index is -1.23. The minimum Gasteiger partial charge on any atom is -0.494 e. The number of pyridine rings is 1. The Labute approximate surface area is 236 Å². The zero-order chi connectivity index (χ0) is 29.1. The van der Waals surface area contributed by atoms with Crippen LogP contribution >= 0.6 is 0 Å². The maximum absolute atomic E-state index is 12.0. The molecule has 0 unspecified atom stereocenters. The number of ether oxygens (including phenoxy) is 2. The van der Waals surface area contributed by atoms with Gasteiger partial charge in [-0.05, 0) is 63.2 Å². The number of nitrogens with zero attached hydrogens (tertiary/aromatic N) is 5. The van der Waals surface area contributed by atoms with Gasteiger partial charge >= 0.3 is 0 Å². The molecular weight excluding hydrogens is 522 g/mol. The van der Waals surface area contributed by atoms with Gasteiger partial charge in [-0.2, -0.15) is 0 Å². The summed E-state index contributed by atoms with van der Waals surface area (Å²) in [6, 6.07) is 14.3. The second-order valence-corrected chi connectivity index (χ2v) is 9.74. The Morgan fingerprint density at radius 2 is 1.90 bits per heavy atom. The number of hydrogen-bond donors (Lipinski definition) is 3. The number of carbonyl (C=O) groups is 1. The molecule has 11 nitrogen and oxygen atoms in total. The fraction of sp³-hybridized carbons (Fsp3) is 0.167. The van der Waals surface area contributed by atoms with Crippen LogP contribution in [0, 0.1) is 6.92 Å². The Hall–Kier alpha value is -5.29. The van der Waals surface area contributed by atoms with E-state index in [1.165, 1.54) is 19.5 Å². The van der Waals surface area contributed by atoms with Gasteiger partial charge in [-0.25, -0.2) is 14.6 Å². The molecule has 3 aromatic heterocycles. The van der Waals surface area contributed by atoms with Crippen molar-refractivity contribution in [2.24, 2.45) is 0 Å². The number of hydrogen-bond acceptors (Lipinski definition) is 9. The van der Waals surface area contributed by atoms with Crippen molar-refractivity contribution < 1.29 is 19.4 Å². The topological polar surface area (TPSA) is 136 Å². The number of benzene rings is 2. The number of aryl methyl sites for hydroxylation is 1. The average Bonchev–Trinajstić information content (AvgIpc) is 3.42. The first-order valence-electron chi connectivity index (χ1n) is 12.7. The fourth-order valence-corrected chi connectivity index (χ4v) is 4.19. The van der Waals surface area contributed by atoms with Crippen molar-refractivity contribution in [2.45, 2.75) is 26.4 Å². The Balaban J connectivity index is 1.46. The van der Waals surface area contributed by atoms with Crippen molar-refractivity contribution in [3.63, 3.8) is 0 Å². The first kappa shape index (κ1) is 27.3. The third-order valence-corrected chi connectivity index (χ3v) is 6.25. The van der Waals surface area contributed by atoms with E-state index in [1.807, 2.05) is 19.1 Å². The van der Waals surface area contributed by atoms with Crippen LogP contribution in [-0.2, 0) is 10.4 Å². The molecule has 0 aliphatic carbocycles. The van der Waals surface area contributed by atoms with Crippen LogP contribution < -0.4 is 20.1 Å². The largest absolute Gasteiger partial charge is 0.494 e. The average molecular weight is 552 g/mol. The Bertz CT molecular complexity index is 1740. The standard InChI is InChI=1S/C30H29N7O4/c1-6-27(38)34-25-14-21-24(15-26(25)40-5)32-17-33-29(21)35-23-10-9-20(13-22(23)30(3,4)39)41-28-11-12-37(36-28)19-8-7-18(2)31-16-19/h6-17,39H,1H2,2-5H3,(H,34,38)(H,32,33,35). The molecule has 41 heavy (non-hydrogen) atoms. The summed E-state index contributed by atoms with van der Waals surface area (Å²) in [7, 11) is 1.51. The van der Waals surface area contributed by atoms with E-state index < -0.39 is 5.60 Å². The summed E-state index contributed by atoms with van der Waals surface area (Å²) >= 11 is 0. The Morgan fingerprint density at radius 3 is 2.61 bits per heavy atom. The van der Waals surface area contributed by atoms with Crippen LogP contribution in [0.1, 0.15) is 25.1 Å². The molecule has 11 heteroatoms. The molecule has 0 aliphatic heterocycles. The molecule has 5 aromatic rings. The second kappa shape index (κ2) is 11.1. The van der Waals surface area contributed by atoms with Gasteiger partial charge in [-0.3, -0.25) is 9.78 Å². The maximum Gasteiger partial charge on any atom is 0.247 e. The number of rotatable bonds is 9. The van der Waals surface area contributed by atoms with Gasteiger partial charge in [-0.15, -0.1) is 5.10 Å². The SMILES string of the molecule is C=CC(=O)Nc1cc2c(Nc3ccc(Oc4ccn(-c5ccc(C)nc5)n4)cc3C(C)(C)O)ncnc2cc1OC. The van der Waals surface area contributed by atoms with Gasteiger partial charge in [0.05, 0.1) is 35.8 Å². The second-order valence-electron chi connectivity index (χ2n) is 9.74. The van der Waals surface area contributed by atoms with E-state index in [0.717, 1.165) is 11.4 Å². The lowest BCUT2D eigenvalue weighted by atomic mass is 9.96. The normalized spacial score (nSPS) is 11.2. The zero-order valence-electron chi connectivity index (χ0n) is 23.0. The number of nitrogens with one attached hydrogen (secondary N) is 2. The molecule has 0 saturated carbocycles. The molecule has 0 bridgehead atoms. The number of methoxy groups -OCH3 is 1. The van der Waals surface area contributed by atoms with E-state index in [-0.39, 0.29) is 5.91 Å². The molecule has 0 spiro atoms. The van der Waals surface area contributed by atoms with E-state index >= 15 is 0 Å². The summed E-state index contributed by atoms with van der Waals surface area (Å²) in [5.74, 6) is 1.41. The van der Waals surface area contributed by atoms with Crippen molar-refractivity contribution in [1.82, 2.24) is 24.7 Å². The maximum atomic E-state index is 12.0. The van der Waals surface area contributed by atoms with Crippen molar-refractivity contribution >= 4 is 34.0 Å². The van der Waals surface area contributed by atoms with Crippen molar-refractivity contribution in [3.05, 3.63) is 91.2 Å². The summed E-state index contributed by atoms with van der Waals surface area (Å²) in [6.45, 7) is 8.79. The molecule has 0 atom stereocenters. The number of aromatic nitrogens is 5. The van der Waals surface area contributed by atoms with Crippen molar-refractivity contribution in [1.29, 1.82) is 0 Å². The summed E-state index contributed by atoms with van der Waals surface area (Å²) < 4.78 is 13.1. The Morgan fingerprint density at radius 1 is 1.07 bits per heavy atom. The smallest absolute Gasteiger partial charge is 0.247 e. The zero-order valence-corrected chi connectivity index (χ0v) is 23.0. The number of amides is 1. The predicted molar refractivity (Wildman–Crippen MR) is 156 cm³/mol. The molecule has 5 rings (SSSR count). The monoisotopic (exact) mass is 551 g/mol. The van der Waals surface area contributed by atoms with E-state index in [1.54, 1.807) is 67.3 Å². The molecule has 2 aromatic carbocycles. The number of carbonyl (C=O) groups excluding carboxylic acids is 1. The van der Waals surface area contributed by atoms with Gasteiger partial charge in [0.1, 0.15) is 23.6 Å². The van der Waals surface area contributed by atoms with Crippen LogP contribution in [0.4, 0.5) is 17.2 Å². The summed E-state index contributed by atoms with van der Waals surface area (Å²) in [5, 5.41) is 22.2. The molecule has 0 saturated heterocycles. The lowest BCUT2D eigenvalue weighted by molar-refractivity contribution is -0.111. The number of fused-ring (bicyclic) bond motifs is 1. The van der Waals surface area contributed by atoms with E-state index in [4.69, 9.17) is 9.47 Å². The summed E-state index contributed by atoms with van der Waals surface area (Å²) in [6.07, 6.45) is 6.12. The van der Waals surface area contributed by atoms with Crippen LogP contribution in [-0.4, -0.2) is 42.9 Å². The molecule has 0 aliphatic rings. The van der Waals surface area contributed by atoms with Gasteiger partial charge < -0.3 is 25.2 Å². The fourth-order valence-electron chi connectivity index (χ4n) is 4.19. The van der Waals surface area contributed by atoms with Crippen molar-refractivity contribution in [2.75, 3.05) is 17.7 Å². The lowest BCUT2D eigenvalue weighted by Gasteiger charge is -2.23. The molecule has 1 amide bonds. The molecule has 0 fully saturated rings. The molecule has 0 radical (unpaired) electrons. The third kappa shape index (κ3) is 5.99. The van der Waals surface area contributed by atoms with E-state index in [0.29, 0.717) is 51.0 Å². The summed E-state index contributed by atoms with van der Waals surface area (Å²) in [5.41, 5.74) is 2.70. The van der Waals surface area contributed by atoms with Crippen LogP contribution in [0.3, 0.4) is 0 Å². The van der Waals surface area contributed by atoms with Crippen LogP contribution in [0.5, 0.6) is 17.4 Å². The highest BCUT2D eigenvalue weighted by Gasteiger charge is 2.23.